The van der Waals surface area contributed by atoms with Crippen LogP contribution in [0.3, 0.4) is 0 Å². The smallest absolute Gasteiger partial charge is 0.336 e. The maximum Gasteiger partial charge on any atom is 0.336 e. The van der Waals surface area contributed by atoms with Crippen LogP contribution in [0.1, 0.15) is 26.4 Å². The van der Waals surface area contributed by atoms with Crippen molar-refractivity contribution in [3.05, 3.63) is 69.4 Å². The minimum atomic E-state index is -1.24. The third kappa shape index (κ3) is 2.42. The van der Waals surface area contributed by atoms with Crippen molar-refractivity contribution in [2.75, 3.05) is 0 Å². The maximum absolute atomic E-state index is 12.5. The standard InChI is InChI=1S/C15H8N2O6/c18-14(9-3-1-2-4-10(9)15(19)20)13-11-6-5-8(17(21)22)7-12(11)23-16-13/h1-7H,(H,19,20). The molecular formula is C15H8N2O6. The monoisotopic (exact) mass is 312 g/mol. The topological polar surface area (TPSA) is 124 Å². The average molecular weight is 312 g/mol. The zero-order valence-corrected chi connectivity index (χ0v) is 11.4. The van der Waals surface area contributed by atoms with Crippen LogP contribution in [0.5, 0.6) is 0 Å². The lowest BCUT2D eigenvalue weighted by molar-refractivity contribution is -0.384. The largest absolute Gasteiger partial charge is 0.478 e. The number of carbonyl (C=O) groups excluding carboxylic acids is 1. The molecule has 8 nitrogen and oxygen atoms in total. The number of aromatic carboxylic acids is 1. The summed E-state index contributed by atoms with van der Waals surface area (Å²) in [6.07, 6.45) is 0. The van der Waals surface area contributed by atoms with Crippen LogP contribution in [0.4, 0.5) is 5.69 Å². The van der Waals surface area contributed by atoms with Gasteiger partial charge in [-0.25, -0.2) is 4.79 Å². The second-order valence-electron chi connectivity index (χ2n) is 4.65. The summed E-state index contributed by atoms with van der Waals surface area (Å²) in [5.74, 6) is -1.87. The van der Waals surface area contributed by atoms with Crippen LogP contribution in [-0.4, -0.2) is 26.9 Å². The van der Waals surface area contributed by atoms with Gasteiger partial charge in [0, 0.05) is 11.6 Å². The Hall–Kier alpha value is -3.55. The molecular weight excluding hydrogens is 304 g/mol. The van der Waals surface area contributed by atoms with Crippen LogP contribution in [-0.2, 0) is 0 Å². The van der Waals surface area contributed by atoms with Crippen LogP contribution in [0, 0.1) is 10.1 Å². The number of rotatable bonds is 4. The molecule has 0 aliphatic rings. The lowest BCUT2D eigenvalue weighted by Crippen LogP contribution is -2.10. The van der Waals surface area contributed by atoms with E-state index in [1.54, 1.807) is 0 Å². The number of fused-ring (bicyclic) bond motifs is 1. The number of nitrogens with zero attached hydrogens (tertiary/aromatic N) is 2. The minimum absolute atomic E-state index is 0.0337. The van der Waals surface area contributed by atoms with E-state index in [4.69, 9.17) is 9.63 Å². The number of nitro benzene ring substituents is 1. The highest BCUT2D eigenvalue weighted by atomic mass is 16.6. The van der Waals surface area contributed by atoms with Gasteiger partial charge >= 0.3 is 5.97 Å². The Morgan fingerprint density at radius 3 is 2.48 bits per heavy atom. The summed E-state index contributed by atoms with van der Waals surface area (Å²) in [6.45, 7) is 0. The quantitative estimate of drug-likeness (QED) is 0.446. The van der Waals surface area contributed by atoms with E-state index < -0.39 is 16.7 Å². The van der Waals surface area contributed by atoms with E-state index in [0.717, 1.165) is 6.07 Å². The molecule has 0 fully saturated rings. The number of carboxylic acids is 1. The predicted octanol–water partition coefficient (Wildman–Crippen LogP) is 2.67. The van der Waals surface area contributed by atoms with E-state index in [-0.39, 0.29) is 33.5 Å². The summed E-state index contributed by atoms with van der Waals surface area (Å²) in [4.78, 5) is 33.9. The maximum atomic E-state index is 12.5. The highest BCUT2D eigenvalue weighted by Gasteiger charge is 2.23. The number of ketones is 1. The fraction of sp³-hybridized carbons (Fsp3) is 0. The summed E-state index contributed by atoms with van der Waals surface area (Å²) < 4.78 is 4.96. The van der Waals surface area contributed by atoms with Gasteiger partial charge in [0.05, 0.1) is 21.9 Å². The summed E-state index contributed by atoms with van der Waals surface area (Å²) >= 11 is 0. The molecule has 0 radical (unpaired) electrons. The van der Waals surface area contributed by atoms with Gasteiger partial charge < -0.3 is 9.63 Å². The molecule has 0 amide bonds. The molecule has 0 saturated heterocycles. The van der Waals surface area contributed by atoms with Crippen LogP contribution in [0.25, 0.3) is 11.0 Å². The van der Waals surface area contributed by atoms with Crippen molar-refractivity contribution in [2.24, 2.45) is 0 Å². The molecule has 1 aromatic heterocycles. The molecule has 0 bridgehead atoms. The van der Waals surface area contributed by atoms with Gasteiger partial charge in [-0.15, -0.1) is 0 Å². The Kier molecular flexibility index (Phi) is 3.34. The fourth-order valence-electron chi connectivity index (χ4n) is 2.20. The normalized spacial score (nSPS) is 10.6. The second kappa shape index (κ2) is 5.34. The van der Waals surface area contributed by atoms with Crippen molar-refractivity contribution in [3.63, 3.8) is 0 Å². The fourth-order valence-corrected chi connectivity index (χ4v) is 2.20. The number of benzene rings is 2. The van der Waals surface area contributed by atoms with Crippen molar-refractivity contribution in [2.45, 2.75) is 0 Å². The van der Waals surface area contributed by atoms with Gasteiger partial charge in [0.2, 0.25) is 5.78 Å². The SMILES string of the molecule is O=C(O)c1ccccc1C(=O)c1noc2cc([N+](=O)[O-])ccc12. The number of aromatic nitrogens is 1. The van der Waals surface area contributed by atoms with Gasteiger partial charge in [-0.1, -0.05) is 23.4 Å². The lowest BCUT2D eigenvalue weighted by Gasteiger charge is -2.02. The average Bonchev–Trinajstić information content (AvgIpc) is 2.97. The zero-order chi connectivity index (χ0) is 16.6. The molecule has 1 heterocycles. The van der Waals surface area contributed by atoms with Gasteiger partial charge in [-0.2, -0.15) is 0 Å². The van der Waals surface area contributed by atoms with Gasteiger partial charge in [0.15, 0.2) is 11.3 Å². The first-order valence-corrected chi connectivity index (χ1v) is 6.40. The summed E-state index contributed by atoms with van der Waals surface area (Å²) in [5.41, 5.74) is -0.401. The van der Waals surface area contributed by atoms with Gasteiger partial charge in [-0.3, -0.25) is 14.9 Å². The third-order valence-corrected chi connectivity index (χ3v) is 3.28. The molecule has 0 unspecified atom stereocenters. The van der Waals surface area contributed by atoms with Crippen LogP contribution in [0.2, 0.25) is 0 Å². The predicted molar refractivity (Wildman–Crippen MR) is 77.5 cm³/mol. The molecule has 0 saturated carbocycles. The van der Waals surface area contributed by atoms with E-state index in [2.05, 4.69) is 5.16 Å². The molecule has 1 N–H and O–H groups in total. The Labute approximate surface area is 128 Å². The first-order valence-electron chi connectivity index (χ1n) is 6.40. The van der Waals surface area contributed by atoms with E-state index >= 15 is 0 Å². The molecule has 0 aliphatic heterocycles. The first-order chi connectivity index (χ1) is 11.0. The van der Waals surface area contributed by atoms with Crippen LogP contribution < -0.4 is 0 Å². The Bertz CT molecular complexity index is 960. The van der Waals surface area contributed by atoms with E-state index in [1.807, 2.05) is 0 Å². The number of hydrogen-bond donors (Lipinski definition) is 1. The molecule has 8 heteroatoms. The van der Waals surface area contributed by atoms with Gasteiger partial charge in [0.25, 0.3) is 5.69 Å². The molecule has 2 aromatic carbocycles. The Morgan fingerprint density at radius 1 is 1.13 bits per heavy atom. The Morgan fingerprint density at radius 2 is 1.83 bits per heavy atom. The molecule has 0 spiro atoms. The molecule has 0 atom stereocenters. The van der Waals surface area contributed by atoms with Crippen molar-refractivity contribution >= 4 is 28.4 Å². The molecule has 3 rings (SSSR count). The Balaban J connectivity index is 2.12. The van der Waals surface area contributed by atoms with Crippen LogP contribution >= 0.6 is 0 Å². The molecule has 0 aliphatic carbocycles. The third-order valence-electron chi connectivity index (χ3n) is 3.28. The molecule has 3 aromatic rings. The summed E-state index contributed by atoms with van der Waals surface area (Å²) in [6, 6.07) is 9.44. The van der Waals surface area contributed by atoms with E-state index in [9.17, 15) is 19.7 Å². The van der Waals surface area contributed by atoms with E-state index in [1.165, 1.54) is 36.4 Å². The lowest BCUT2D eigenvalue weighted by atomic mass is 10.00. The molecule has 23 heavy (non-hydrogen) atoms. The summed E-state index contributed by atoms with van der Waals surface area (Å²) in [5, 5.41) is 23.8. The number of nitro groups is 1. The van der Waals surface area contributed by atoms with Crippen LogP contribution in [0.15, 0.2) is 47.0 Å². The van der Waals surface area contributed by atoms with Gasteiger partial charge in [-0.05, 0) is 12.1 Å². The minimum Gasteiger partial charge on any atom is -0.478 e. The number of hydrogen-bond acceptors (Lipinski definition) is 6. The molecule has 114 valence electrons. The highest BCUT2D eigenvalue weighted by molar-refractivity contribution is 6.18. The highest BCUT2D eigenvalue weighted by Crippen LogP contribution is 2.26. The van der Waals surface area contributed by atoms with E-state index in [0.29, 0.717) is 0 Å². The van der Waals surface area contributed by atoms with Crippen molar-refractivity contribution < 1.29 is 24.1 Å². The second-order valence-corrected chi connectivity index (χ2v) is 4.65. The zero-order valence-electron chi connectivity index (χ0n) is 11.4. The van der Waals surface area contributed by atoms with Gasteiger partial charge in [0.1, 0.15) is 0 Å². The van der Waals surface area contributed by atoms with Crippen molar-refractivity contribution in [1.82, 2.24) is 5.16 Å². The summed E-state index contributed by atoms with van der Waals surface area (Å²) in [7, 11) is 0. The number of carbonyl (C=O) groups is 2. The van der Waals surface area contributed by atoms with Crippen molar-refractivity contribution in [1.29, 1.82) is 0 Å². The van der Waals surface area contributed by atoms with Crippen molar-refractivity contribution in [3.8, 4) is 0 Å². The first kappa shape index (κ1) is 14.4. The number of carboxylic acid groups (broad SMARTS) is 1. The number of non-ortho nitro benzene ring substituents is 1.